The van der Waals surface area contributed by atoms with Crippen LogP contribution in [0.4, 0.5) is 0 Å². The number of hydrogen-bond donors (Lipinski definition) is 0. The Hall–Kier alpha value is -2.95. The van der Waals surface area contributed by atoms with E-state index in [2.05, 4.69) is 0 Å². The molecule has 0 atom stereocenters. The number of methoxy groups -OCH3 is 3. The Labute approximate surface area is 139 Å². The van der Waals surface area contributed by atoms with Crippen LogP contribution >= 0.6 is 0 Å². The van der Waals surface area contributed by atoms with E-state index in [4.69, 9.17) is 18.6 Å². The summed E-state index contributed by atoms with van der Waals surface area (Å²) >= 11 is 0. The lowest BCUT2D eigenvalue weighted by atomic mass is 9.98. The van der Waals surface area contributed by atoms with E-state index in [0.717, 1.165) is 10.9 Å². The van der Waals surface area contributed by atoms with Gasteiger partial charge in [-0.3, -0.25) is 0 Å². The van der Waals surface area contributed by atoms with Crippen molar-refractivity contribution in [1.82, 2.24) is 0 Å². The molecule has 5 nitrogen and oxygen atoms in total. The first-order valence-electron chi connectivity index (χ1n) is 7.43. The van der Waals surface area contributed by atoms with Crippen LogP contribution in [-0.2, 0) is 0 Å². The molecule has 3 aromatic rings. The summed E-state index contributed by atoms with van der Waals surface area (Å²) in [6.07, 6.45) is 0. The van der Waals surface area contributed by atoms with Gasteiger partial charge in [-0.25, -0.2) is 4.79 Å². The van der Waals surface area contributed by atoms with Crippen LogP contribution in [0.2, 0.25) is 0 Å². The SMILES string of the molecule is COc1ccc(-c2c(C)c3cc(OC)ccc3oc2=O)c(OC)c1. The van der Waals surface area contributed by atoms with Gasteiger partial charge in [0.25, 0.3) is 0 Å². The second kappa shape index (κ2) is 6.28. The van der Waals surface area contributed by atoms with Crippen LogP contribution in [0.25, 0.3) is 22.1 Å². The number of ether oxygens (including phenoxy) is 3. The minimum atomic E-state index is -0.409. The van der Waals surface area contributed by atoms with Crippen molar-refractivity contribution in [2.75, 3.05) is 21.3 Å². The third-order valence-electron chi connectivity index (χ3n) is 4.05. The Morgan fingerprint density at radius 2 is 1.54 bits per heavy atom. The Kier molecular flexibility index (Phi) is 4.16. The summed E-state index contributed by atoms with van der Waals surface area (Å²) < 4.78 is 21.4. The number of hydrogen-bond acceptors (Lipinski definition) is 5. The van der Waals surface area contributed by atoms with Gasteiger partial charge < -0.3 is 18.6 Å². The Morgan fingerprint density at radius 3 is 2.21 bits per heavy atom. The standard InChI is InChI=1S/C19H18O5/c1-11-15-9-12(21-2)6-8-16(15)24-19(20)18(11)14-7-5-13(22-3)10-17(14)23-4/h5-10H,1-4H3. The first kappa shape index (κ1) is 15.9. The van der Waals surface area contributed by atoms with Crippen LogP contribution in [0, 0.1) is 6.92 Å². The Balaban J connectivity index is 2.32. The van der Waals surface area contributed by atoms with Crippen molar-refractivity contribution in [3.63, 3.8) is 0 Å². The molecule has 0 saturated heterocycles. The number of benzene rings is 2. The Bertz CT molecular complexity index is 956. The van der Waals surface area contributed by atoms with Crippen molar-refractivity contribution in [2.24, 2.45) is 0 Å². The molecule has 2 aromatic carbocycles. The maximum Gasteiger partial charge on any atom is 0.344 e. The predicted molar refractivity (Wildman–Crippen MR) is 92.3 cm³/mol. The third-order valence-corrected chi connectivity index (χ3v) is 4.05. The summed E-state index contributed by atoms with van der Waals surface area (Å²) in [5, 5.41) is 0.821. The summed E-state index contributed by atoms with van der Waals surface area (Å²) in [4.78, 5) is 12.5. The molecule has 0 aliphatic rings. The zero-order valence-electron chi connectivity index (χ0n) is 14.0. The molecule has 0 radical (unpaired) electrons. The molecule has 1 heterocycles. The summed E-state index contributed by atoms with van der Waals surface area (Å²) in [5.41, 5.74) is 2.05. The van der Waals surface area contributed by atoms with E-state index in [-0.39, 0.29) is 0 Å². The zero-order valence-corrected chi connectivity index (χ0v) is 14.0. The Morgan fingerprint density at radius 1 is 0.875 bits per heavy atom. The third kappa shape index (κ3) is 2.58. The number of rotatable bonds is 4. The molecule has 0 amide bonds. The molecule has 0 aliphatic heterocycles. The van der Waals surface area contributed by atoms with Crippen molar-refractivity contribution in [2.45, 2.75) is 6.92 Å². The van der Waals surface area contributed by atoms with Crippen LogP contribution in [0.1, 0.15) is 5.56 Å². The molecule has 0 fully saturated rings. The minimum Gasteiger partial charge on any atom is -0.497 e. The van der Waals surface area contributed by atoms with Gasteiger partial charge in [-0.1, -0.05) is 0 Å². The maximum atomic E-state index is 12.5. The van der Waals surface area contributed by atoms with Crippen molar-refractivity contribution >= 4 is 11.0 Å². The minimum absolute atomic E-state index is 0.409. The van der Waals surface area contributed by atoms with Gasteiger partial charge in [0.05, 0.1) is 26.9 Å². The lowest BCUT2D eigenvalue weighted by Gasteiger charge is -2.13. The monoisotopic (exact) mass is 326 g/mol. The van der Waals surface area contributed by atoms with E-state index in [9.17, 15) is 4.79 Å². The lowest BCUT2D eigenvalue weighted by molar-refractivity contribution is 0.395. The maximum absolute atomic E-state index is 12.5. The largest absolute Gasteiger partial charge is 0.497 e. The van der Waals surface area contributed by atoms with Gasteiger partial charge in [0.2, 0.25) is 0 Å². The topological polar surface area (TPSA) is 57.9 Å². The molecule has 0 unspecified atom stereocenters. The molecule has 5 heteroatoms. The quantitative estimate of drug-likeness (QED) is 0.683. The summed E-state index contributed by atoms with van der Waals surface area (Å²) in [6.45, 7) is 1.89. The number of fused-ring (bicyclic) bond motifs is 1. The highest BCUT2D eigenvalue weighted by atomic mass is 16.5. The van der Waals surface area contributed by atoms with Crippen molar-refractivity contribution < 1.29 is 18.6 Å². The fraction of sp³-hybridized carbons (Fsp3) is 0.211. The van der Waals surface area contributed by atoms with E-state index < -0.39 is 5.63 Å². The van der Waals surface area contributed by atoms with E-state index in [0.29, 0.717) is 34.0 Å². The van der Waals surface area contributed by atoms with Crippen LogP contribution < -0.4 is 19.8 Å². The van der Waals surface area contributed by atoms with Crippen molar-refractivity contribution in [3.05, 3.63) is 52.4 Å². The van der Waals surface area contributed by atoms with Crippen molar-refractivity contribution in [1.29, 1.82) is 0 Å². The molecule has 0 N–H and O–H groups in total. The summed E-state index contributed by atoms with van der Waals surface area (Å²) in [7, 11) is 4.73. The molecule has 24 heavy (non-hydrogen) atoms. The van der Waals surface area contributed by atoms with E-state index in [1.807, 2.05) is 13.0 Å². The van der Waals surface area contributed by atoms with Gasteiger partial charge in [0.15, 0.2) is 0 Å². The predicted octanol–water partition coefficient (Wildman–Crippen LogP) is 3.79. The molecule has 124 valence electrons. The fourth-order valence-electron chi connectivity index (χ4n) is 2.77. The van der Waals surface area contributed by atoms with Gasteiger partial charge >= 0.3 is 5.63 Å². The van der Waals surface area contributed by atoms with Gasteiger partial charge in [0, 0.05) is 17.0 Å². The molecule has 0 saturated carbocycles. The molecule has 0 bridgehead atoms. The molecular formula is C19H18O5. The van der Waals surface area contributed by atoms with Gasteiger partial charge in [-0.05, 0) is 42.8 Å². The molecule has 1 aromatic heterocycles. The van der Waals surface area contributed by atoms with Crippen LogP contribution in [0.15, 0.2) is 45.6 Å². The van der Waals surface area contributed by atoms with Crippen LogP contribution in [0.5, 0.6) is 17.2 Å². The van der Waals surface area contributed by atoms with Gasteiger partial charge in [0.1, 0.15) is 22.8 Å². The average Bonchev–Trinajstić information content (AvgIpc) is 2.61. The lowest BCUT2D eigenvalue weighted by Crippen LogP contribution is -2.07. The highest BCUT2D eigenvalue weighted by molar-refractivity contribution is 5.88. The van der Waals surface area contributed by atoms with Crippen LogP contribution in [-0.4, -0.2) is 21.3 Å². The smallest absolute Gasteiger partial charge is 0.344 e. The fourth-order valence-corrected chi connectivity index (χ4v) is 2.77. The van der Waals surface area contributed by atoms with E-state index in [1.54, 1.807) is 51.7 Å². The summed E-state index contributed by atoms with van der Waals surface area (Å²) in [6, 6.07) is 10.7. The zero-order chi connectivity index (χ0) is 17.3. The molecular weight excluding hydrogens is 308 g/mol. The second-order valence-corrected chi connectivity index (χ2v) is 5.32. The normalized spacial score (nSPS) is 10.7. The van der Waals surface area contributed by atoms with E-state index in [1.165, 1.54) is 0 Å². The average molecular weight is 326 g/mol. The van der Waals surface area contributed by atoms with Crippen molar-refractivity contribution in [3.8, 4) is 28.4 Å². The van der Waals surface area contributed by atoms with Crippen LogP contribution in [0.3, 0.4) is 0 Å². The first-order valence-corrected chi connectivity index (χ1v) is 7.43. The van der Waals surface area contributed by atoms with Gasteiger partial charge in [-0.2, -0.15) is 0 Å². The number of aryl methyl sites for hydroxylation is 1. The second-order valence-electron chi connectivity index (χ2n) is 5.32. The van der Waals surface area contributed by atoms with E-state index >= 15 is 0 Å². The first-order chi connectivity index (χ1) is 11.6. The highest BCUT2D eigenvalue weighted by Crippen LogP contribution is 2.36. The van der Waals surface area contributed by atoms with Gasteiger partial charge in [-0.15, -0.1) is 0 Å². The molecule has 3 rings (SSSR count). The molecule has 0 aliphatic carbocycles. The molecule has 0 spiro atoms. The highest BCUT2D eigenvalue weighted by Gasteiger charge is 2.18. The summed E-state index contributed by atoms with van der Waals surface area (Å²) in [5.74, 6) is 1.90.